The van der Waals surface area contributed by atoms with E-state index in [4.69, 9.17) is 10.2 Å². The van der Waals surface area contributed by atoms with E-state index >= 15 is 0 Å². The second kappa shape index (κ2) is 5.41. The average molecular weight is 338 g/mol. The summed E-state index contributed by atoms with van der Waals surface area (Å²) in [5.41, 5.74) is 8.12. The summed E-state index contributed by atoms with van der Waals surface area (Å²) in [7, 11) is 0. The minimum Gasteiger partial charge on any atom is -0.443 e. The molecule has 0 aliphatic rings. The monoisotopic (exact) mass is 338 g/mol. The number of nitrogens with two attached hydrogens (primary N) is 1. The van der Waals surface area contributed by atoms with Gasteiger partial charge in [-0.05, 0) is 37.6 Å². The van der Waals surface area contributed by atoms with E-state index in [0.29, 0.717) is 45.5 Å². The van der Waals surface area contributed by atoms with Crippen LogP contribution in [0.5, 0.6) is 0 Å². The van der Waals surface area contributed by atoms with Crippen molar-refractivity contribution in [2.45, 2.75) is 20.4 Å². The second-order valence-electron chi connectivity index (χ2n) is 5.81. The molecule has 0 spiro atoms. The van der Waals surface area contributed by atoms with Crippen LogP contribution in [0.3, 0.4) is 0 Å². The SMILES string of the molecule is CCn1c(=O)c2ncoc2c2cc(F)c(-c3ccc(N)nc3)c(C)c21. The number of nitrogens with zero attached hydrogens (tertiary/aromatic N) is 3. The van der Waals surface area contributed by atoms with E-state index in [1.54, 1.807) is 23.6 Å². The number of halogens is 1. The van der Waals surface area contributed by atoms with E-state index in [0.717, 1.165) is 0 Å². The average Bonchev–Trinajstić information content (AvgIpc) is 3.08. The molecule has 25 heavy (non-hydrogen) atoms. The van der Waals surface area contributed by atoms with E-state index in [1.165, 1.54) is 18.7 Å². The number of hydrogen-bond donors (Lipinski definition) is 1. The van der Waals surface area contributed by atoms with Crippen LogP contribution in [0.2, 0.25) is 0 Å². The second-order valence-corrected chi connectivity index (χ2v) is 5.81. The number of benzene rings is 1. The van der Waals surface area contributed by atoms with Crippen molar-refractivity contribution in [3.63, 3.8) is 0 Å². The Morgan fingerprint density at radius 2 is 2.12 bits per heavy atom. The molecular formula is C18H15FN4O2. The number of pyridine rings is 2. The third-order valence-corrected chi connectivity index (χ3v) is 4.42. The fourth-order valence-corrected chi connectivity index (χ4v) is 3.32. The van der Waals surface area contributed by atoms with Gasteiger partial charge in [0.1, 0.15) is 11.6 Å². The Bertz CT molecular complexity index is 1180. The molecule has 0 saturated carbocycles. The Kier molecular flexibility index (Phi) is 3.31. The zero-order chi connectivity index (χ0) is 17.7. The van der Waals surface area contributed by atoms with E-state index in [9.17, 15) is 9.18 Å². The molecule has 4 rings (SSSR count). The molecule has 0 radical (unpaired) electrons. The molecule has 7 heteroatoms. The van der Waals surface area contributed by atoms with E-state index in [-0.39, 0.29) is 11.1 Å². The van der Waals surface area contributed by atoms with Gasteiger partial charge < -0.3 is 14.7 Å². The number of rotatable bonds is 2. The summed E-state index contributed by atoms with van der Waals surface area (Å²) in [6, 6.07) is 4.71. The Morgan fingerprint density at radius 1 is 1.32 bits per heavy atom. The van der Waals surface area contributed by atoms with E-state index in [1.807, 2.05) is 6.92 Å². The van der Waals surface area contributed by atoms with Crippen molar-refractivity contribution < 1.29 is 8.81 Å². The summed E-state index contributed by atoms with van der Waals surface area (Å²) >= 11 is 0. The summed E-state index contributed by atoms with van der Waals surface area (Å²) in [5, 5.41) is 0.524. The predicted octanol–water partition coefficient (Wildman–Crippen LogP) is 3.25. The maximum absolute atomic E-state index is 14.9. The van der Waals surface area contributed by atoms with Crippen LogP contribution in [-0.2, 0) is 6.54 Å². The highest BCUT2D eigenvalue weighted by Gasteiger charge is 2.20. The number of aryl methyl sites for hydroxylation is 2. The summed E-state index contributed by atoms with van der Waals surface area (Å²) < 4.78 is 21.9. The largest absolute Gasteiger partial charge is 0.443 e. The Balaban J connectivity index is 2.19. The molecule has 126 valence electrons. The molecule has 0 aliphatic heterocycles. The number of nitrogen functional groups attached to an aromatic ring is 1. The van der Waals surface area contributed by atoms with Gasteiger partial charge in [-0.3, -0.25) is 4.79 Å². The molecule has 3 aromatic heterocycles. The van der Waals surface area contributed by atoms with Crippen LogP contribution in [0.1, 0.15) is 12.5 Å². The minimum atomic E-state index is -0.421. The van der Waals surface area contributed by atoms with E-state index in [2.05, 4.69) is 9.97 Å². The number of anilines is 1. The van der Waals surface area contributed by atoms with Crippen molar-refractivity contribution in [3.8, 4) is 11.1 Å². The molecule has 0 bridgehead atoms. The van der Waals surface area contributed by atoms with Gasteiger partial charge >= 0.3 is 0 Å². The van der Waals surface area contributed by atoms with Gasteiger partial charge in [-0.25, -0.2) is 14.4 Å². The molecule has 0 fully saturated rings. The fraction of sp³-hybridized carbons (Fsp3) is 0.167. The van der Waals surface area contributed by atoms with Crippen LogP contribution in [0.25, 0.3) is 33.1 Å². The van der Waals surface area contributed by atoms with Crippen LogP contribution in [0.15, 0.2) is 40.0 Å². The van der Waals surface area contributed by atoms with Crippen LogP contribution < -0.4 is 11.3 Å². The Hall–Kier alpha value is -3.22. The zero-order valence-corrected chi connectivity index (χ0v) is 13.7. The predicted molar refractivity (Wildman–Crippen MR) is 93.8 cm³/mol. The van der Waals surface area contributed by atoms with Crippen molar-refractivity contribution >= 4 is 27.8 Å². The van der Waals surface area contributed by atoms with Gasteiger partial charge in [0.15, 0.2) is 17.5 Å². The third-order valence-electron chi connectivity index (χ3n) is 4.42. The molecule has 0 aliphatic carbocycles. The summed E-state index contributed by atoms with van der Waals surface area (Å²) in [5.74, 6) is -0.0630. The Labute approximate surface area is 141 Å². The molecular weight excluding hydrogens is 323 g/mol. The lowest BCUT2D eigenvalue weighted by Crippen LogP contribution is -2.21. The molecule has 0 amide bonds. The first-order valence-corrected chi connectivity index (χ1v) is 7.83. The van der Waals surface area contributed by atoms with Crippen molar-refractivity contribution in [3.05, 3.63) is 52.5 Å². The summed E-state index contributed by atoms with van der Waals surface area (Å²) in [4.78, 5) is 20.7. The summed E-state index contributed by atoms with van der Waals surface area (Å²) in [6.45, 7) is 4.08. The van der Waals surface area contributed by atoms with Crippen LogP contribution in [0, 0.1) is 12.7 Å². The normalized spacial score (nSPS) is 11.5. The molecule has 6 nitrogen and oxygen atoms in total. The Morgan fingerprint density at radius 3 is 2.80 bits per heavy atom. The molecule has 0 saturated heterocycles. The lowest BCUT2D eigenvalue weighted by Gasteiger charge is -2.15. The smallest absolute Gasteiger partial charge is 0.280 e. The highest BCUT2D eigenvalue weighted by molar-refractivity contribution is 6.04. The van der Waals surface area contributed by atoms with Crippen molar-refractivity contribution in [2.75, 3.05) is 5.73 Å². The van der Waals surface area contributed by atoms with Crippen LogP contribution >= 0.6 is 0 Å². The first kappa shape index (κ1) is 15.3. The first-order valence-electron chi connectivity index (χ1n) is 7.83. The lowest BCUT2D eigenvalue weighted by molar-refractivity contribution is 0.603. The van der Waals surface area contributed by atoms with Crippen molar-refractivity contribution in [1.29, 1.82) is 0 Å². The topological polar surface area (TPSA) is 86.9 Å². The lowest BCUT2D eigenvalue weighted by atomic mass is 9.97. The molecule has 0 unspecified atom stereocenters. The van der Waals surface area contributed by atoms with Gasteiger partial charge in [-0.1, -0.05) is 0 Å². The molecule has 1 aromatic carbocycles. The molecule has 4 aromatic rings. The molecule has 2 N–H and O–H groups in total. The van der Waals surface area contributed by atoms with Crippen molar-refractivity contribution in [2.24, 2.45) is 0 Å². The third kappa shape index (κ3) is 2.12. The van der Waals surface area contributed by atoms with Crippen LogP contribution in [-0.4, -0.2) is 14.5 Å². The fourth-order valence-electron chi connectivity index (χ4n) is 3.32. The number of fused-ring (bicyclic) bond motifs is 3. The van der Waals surface area contributed by atoms with Gasteiger partial charge in [0.05, 0.1) is 5.52 Å². The first-order chi connectivity index (χ1) is 12.0. The highest BCUT2D eigenvalue weighted by Crippen LogP contribution is 2.34. The van der Waals surface area contributed by atoms with Gasteiger partial charge in [-0.15, -0.1) is 0 Å². The maximum Gasteiger partial charge on any atom is 0.280 e. The van der Waals surface area contributed by atoms with Gasteiger partial charge in [0.2, 0.25) is 0 Å². The van der Waals surface area contributed by atoms with Crippen molar-refractivity contribution in [1.82, 2.24) is 14.5 Å². The van der Waals surface area contributed by atoms with Gasteiger partial charge in [0, 0.05) is 29.3 Å². The van der Waals surface area contributed by atoms with Gasteiger partial charge in [-0.2, -0.15) is 0 Å². The zero-order valence-electron chi connectivity index (χ0n) is 13.7. The number of hydrogen-bond acceptors (Lipinski definition) is 5. The van der Waals surface area contributed by atoms with Gasteiger partial charge in [0.25, 0.3) is 5.56 Å². The highest BCUT2D eigenvalue weighted by atomic mass is 19.1. The quantitative estimate of drug-likeness (QED) is 0.606. The maximum atomic E-state index is 14.9. The number of aromatic nitrogens is 3. The minimum absolute atomic E-state index is 0.204. The summed E-state index contributed by atoms with van der Waals surface area (Å²) in [6.07, 6.45) is 2.73. The number of oxazole rings is 1. The molecule has 3 heterocycles. The van der Waals surface area contributed by atoms with E-state index < -0.39 is 5.82 Å². The van der Waals surface area contributed by atoms with Crippen LogP contribution in [0.4, 0.5) is 10.2 Å². The standard InChI is InChI=1S/C18H15FN4O2/c1-3-23-16-9(2)14(10-4-5-13(20)21-7-10)12(19)6-11(16)17-15(18(23)24)22-8-25-17/h4-8H,3H2,1-2H3,(H2,20,21). The molecule has 0 atom stereocenters.